The number of rotatable bonds is 5. The van der Waals surface area contributed by atoms with Gasteiger partial charge in [-0.1, -0.05) is 0 Å². The van der Waals surface area contributed by atoms with Crippen LogP contribution in [0.5, 0.6) is 0 Å². The molecule has 5 nitrogen and oxygen atoms in total. The molecule has 0 atom stereocenters. The van der Waals surface area contributed by atoms with Crippen molar-refractivity contribution < 1.29 is 13.2 Å². The Labute approximate surface area is 173 Å². The summed E-state index contributed by atoms with van der Waals surface area (Å²) in [4.78, 5) is 9.95. The summed E-state index contributed by atoms with van der Waals surface area (Å²) in [6.45, 7) is 2.28. The van der Waals surface area contributed by atoms with Crippen LogP contribution >= 0.6 is 11.3 Å². The third-order valence-corrected chi connectivity index (χ3v) is 6.08. The van der Waals surface area contributed by atoms with Crippen LogP contribution in [-0.2, 0) is 6.54 Å². The van der Waals surface area contributed by atoms with E-state index in [1.807, 2.05) is 18.5 Å². The lowest BCUT2D eigenvalue weighted by molar-refractivity contribution is -0.136. The van der Waals surface area contributed by atoms with Crippen molar-refractivity contribution in [2.24, 2.45) is 0 Å². The van der Waals surface area contributed by atoms with E-state index in [-0.39, 0.29) is 13.0 Å². The number of halogens is 3. The van der Waals surface area contributed by atoms with Gasteiger partial charge in [0.25, 0.3) is 0 Å². The third kappa shape index (κ3) is 3.39. The maximum atomic E-state index is 12.5. The Balaban J connectivity index is 1.63. The predicted molar refractivity (Wildman–Crippen MR) is 112 cm³/mol. The van der Waals surface area contributed by atoms with E-state index in [2.05, 4.69) is 44.8 Å². The Morgan fingerprint density at radius 1 is 1.17 bits per heavy atom. The third-order valence-electron chi connectivity index (χ3n) is 5.06. The molecule has 0 aliphatic carbocycles. The summed E-state index contributed by atoms with van der Waals surface area (Å²) < 4.78 is 41.1. The fraction of sp³-hybridized carbons (Fsp3) is 0.238. The van der Waals surface area contributed by atoms with Crippen molar-refractivity contribution in [3.8, 4) is 16.3 Å². The Kier molecular flexibility index (Phi) is 4.43. The summed E-state index contributed by atoms with van der Waals surface area (Å²) in [6.07, 6.45) is 2.23. The number of nitrogens with zero attached hydrogens (tertiary/aromatic N) is 4. The van der Waals surface area contributed by atoms with Crippen LogP contribution in [0.2, 0.25) is 0 Å². The number of aromatic amines is 1. The molecule has 0 saturated carbocycles. The van der Waals surface area contributed by atoms with E-state index in [1.165, 1.54) is 4.88 Å². The molecule has 0 fully saturated rings. The standard InChI is InChI=1S/C21H18F3N5S/c1-13-3-4-18(30-13)17-9-14-10-26-20-16(5-7-25-20)19(14)29(17)15-11-27-28(12-15)8-2-6-21(22,23)24/h3-5,7,9-12H,2,6,8H2,1H3,(H,25,26). The Morgan fingerprint density at radius 2 is 2.03 bits per heavy atom. The summed E-state index contributed by atoms with van der Waals surface area (Å²) >= 11 is 1.69. The lowest BCUT2D eigenvalue weighted by atomic mass is 10.2. The van der Waals surface area contributed by atoms with Gasteiger partial charge in [0, 0.05) is 47.2 Å². The average molecular weight is 429 g/mol. The molecular weight excluding hydrogens is 411 g/mol. The number of nitrogens with one attached hydrogen (secondary N) is 1. The highest BCUT2D eigenvalue weighted by molar-refractivity contribution is 7.15. The van der Waals surface area contributed by atoms with Crippen LogP contribution in [-0.4, -0.2) is 30.5 Å². The van der Waals surface area contributed by atoms with Gasteiger partial charge >= 0.3 is 6.18 Å². The highest BCUT2D eigenvalue weighted by Gasteiger charge is 2.26. The van der Waals surface area contributed by atoms with Crippen molar-refractivity contribution in [1.29, 1.82) is 0 Å². The van der Waals surface area contributed by atoms with Crippen LogP contribution in [0.4, 0.5) is 13.2 Å². The van der Waals surface area contributed by atoms with E-state index in [1.54, 1.807) is 28.4 Å². The fourth-order valence-corrected chi connectivity index (χ4v) is 4.62. The second-order valence-corrected chi connectivity index (χ2v) is 8.55. The summed E-state index contributed by atoms with van der Waals surface area (Å²) in [5, 5.41) is 6.29. The summed E-state index contributed by atoms with van der Waals surface area (Å²) in [5.41, 5.74) is 3.60. The highest BCUT2D eigenvalue weighted by Crippen LogP contribution is 2.37. The minimum atomic E-state index is -4.15. The molecule has 0 saturated heterocycles. The molecule has 5 aromatic heterocycles. The van der Waals surface area contributed by atoms with Gasteiger partial charge in [0.05, 0.1) is 28.0 Å². The first-order chi connectivity index (χ1) is 14.4. The highest BCUT2D eigenvalue weighted by atomic mass is 32.1. The lowest BCUT2D eigenvalue weighted by Gasteiger charge is -2.08. The first kappa shape index (κ1) is 18.9. The van der Waals surface area contributed by atoms with E-state index in [4.69, 9.17) is 0 Å². The predicted octanol–water partition coefficient (Wildman–Crippen LogP) is 6.08. The number of hydrogen-bond acceptors (Lipinski definition) is 3. The van der Waals surface area contributed by atoms with Gasteiger partial charge in [0.2, 0.25) is 0 Å². The average Bonchev–Trinajstić information content (AvgIpc) is 3.44. The van der Waals surface area contributed by atoms with Crippen molar-refractivity contribution in [3.05, 3.63) is 53.9 Å². The number of thiophene rings is 1. The molecule has 9 heteroatoms. The largest absolute Gasteiger partial charge is 0.389 e. The molecule has 5 rings (SSSR count). The van der Waals surface area contributed by atoms with Crippen LogP contribution < -0.4 is 0 Å². The van der Waals surface area contributed by atoms with Gasteiger partial charge in [-0.2, -0.15) is 18.3 Å². The molecule has 30 heavy (non-hydrogen) atoms. The van der Waals surface area contributed by atoms with Crippen molar-refractivity contribution >= 4 is 33.3 Å². The Morgan fingerprint density at radius 3 is 2.80 bits per heavy atom. The molecule has 5 aromatic rings. The number of aryl methyl sites for hydroxylation is 2. The summed E-state index contributed by atoms with van der Waals surface area (Å²) in [5.74, 6) is 0. The van der Waals surface area contributed by atoms with Crippen LogP contribution in [0.1, 0.15) is 17.7 Å². The first-order valence-corrected chi connectivity index (χ1v) is 10.3. The molecule has 5 heterocycles. The zero-order chi connectivity index (χ0) is 20.9. The van der Waals surface area contributed by atoms with Gasteiger partial charge in [0.15, 0.2) is 0 Å². The second kappa shape index (κ2) is 7.02. The van der Waals surface area contributed by atoms with Crippen molar-refractivity contribution in [3.63, 3.8) is 0 Å². The van der Waals surface area contributed by atoms with Crippen molar-refractivity contribution in [1.82, 2.24) is 24.3 Å². The van der Waals surface area contributed by atoms with E-state index in [0.29, 0.717) is 0 Å². The molecule has 0 aliphatic heterocycles. The van der Waals surface area contributed by atoms with Crippen LogP contribution in [0.3, 0.4) is 0 Å². The van der Waals surface area contributed by atoms with E-state index in [9.17, 15) is 13.2 Å². The van der Waals surface area contributed by atoms with Gasteiger partial charge < -0.3 is 9.55 Å². The maximum Gasteiger partial charge on any atom is 0.389 e. The molecule has 0 spiro atoms. The zero-order valence-corrected chi connectivity index (χ0v) is 16.9. The summed E-state index contributed by atoms with van der Waals surface area (Å²) in [7, 11) is 0. The van der Waals surface area contributed by atoms with E-state index >= 15 is 0 Å². The van der Waals surface area contributed by atoms with Crippen molar-refractivity contribution in [2.45, 2.75) is 32.5 Å². The molecular formula is C21H18F3N5S. The second-order valence-electron chi connectivity index (χ2n) is 7.26. The fourth-order valence-electron chi connectivity index (χ4n) is 3.75. The smallest absolute Gasteiger partial charge is 0.346 e. The molecule has 0 radical (unpaired) electrons. The van der Waals surface area contributed by atoms with Crippen LogP contribution in [0.15, 0.2) is 49.1 Å². The molecule has 0 bridgehead atoms. The maximum absolute atomic E-state index is 12.5. The number of alkyl halides is 3. The molecule has 0 amide bonds. The van der Waals surface area contributed by atoms with Gasteiger partial charge in [-0.3, -0.25) is 4.68 Å². The molecule has 0 unspecified atom stereocenters. The zero-order valence-electron chi connectivity index (χ0n) is 16.1. The monoisotopic (exact) mass is 429 g/mol. The minimum absolute atomic E-state index is 0.00000131. The van der Waals surface area contributed by atoms with E-state index in [0.717, 1.165) is 38.2 Å². The molecule has 0 aliphatic rings. The van der Waals surface area contributed by atoms with Gasteiger partial charge in [-0.25, -0.2) is 4.98 Å². The molecule has 154 valence electrons. The minimum Gasteiger partial charge on any atom is -0.346 e. The van der Waals surface area contributed by atoms with Crippen molar-refractivity contribution in [2.75, 3.05) is 0 Å². The van der Waals surface area contributed by atoms with Gasteiger partial charge in [-0.15, -0.1) is 11.3 Å². The van der Waals surface area contributed by atoms with Crippen LogP contribution in [0, 0.1) is 6.92 Å². The van der Waals surface area contributed by atoms with Crippen LogP contribution in [0.25, 0.3) is 38.2 Å². The number of aromatic nitrogens is 5. The molecule has 1 N–H and O–H groups in total. The lowest BCUT2D eigenvalue weighted by Crippen LogP contribution is -2.09. The number of pyridine rings is 1. The number of H-pyrrole nitrogens is 1. The Bertz CT molecular complexity index is 1340. The SMILES string of the molecule is Cc1ccc(-c2cc3cnc4[nH]ccc4c3n2-c2cnn(CCCC(F)(F)F)c2)s1. The topological polar surface area (TPSA) is 51.4 Å². The Hall–Kier alpha value is -3.07. The van der Waals surface area contributed by atoms with Gasteiger partial charge in [-0.05, 0) is 37.6 Å². The number of hydrogen-bond donors (Lipinski definition) is 1. The quantitative estimate of drug-likeness (QED) is 0.368. The number of fused-ring (bicyclic) bond motifs is 3. The van der Waals surface area contributed by atoms with Gasteiger partial charge in [0.1, 0.15) is 5.65 Å². The first-order valence-electron chi connectivity index (χ1n) is 9.53. The van der Waals surface area contributed by atoms with E-state index < -0.39 is 12.6 Å². The summed E-state index contributed by atoms with van der Waals surface area (Å²) in [6, 6.07) is 8.24. The normalized spacial score (nSPS) is 12.4. The molecule has 0 aromatic carbocycles.